The van der Waals surface area contributed by atoms with Gasteiger partial charge in [-0.3, -0.25) is 4.68 Å². The molecule has 6 nitrogen and oxygen atoms in total. The van der Waals surface area contributed by atoms with E-state index in [1.54, 1.807) is 24.2 Å². The van der Waals surface area contributed by atoms with Gasteiger partial charge in [0.15, 0.2) is 11.9 Å². The van der Waals surface area contributed by atoms with Gasteiger partial charge in [0.1, 0.15) is 0 Å². The van der Waals surface area contributed by atoms with Crippen LogP contribution in [0.3, 0.4) is 0 Å². The molecule has 0 amide bonds. The Kier molecular flexibility index (Phi) is 4.47. The van der Waals surface area contributed by atoms with Crippen molar-refractivity contribution >= 4 is 11.6 Å². The van der Waals surface area contributed by atoms with Gasteiger partial charge < -0.3 is 9.84 Å². The molecule has 1 unspecified atom stereocenters. The van der Waals surface area contributed by atoms with Crippen molar-refractivity contribution < 1.29 is 9.84 Å². The van der Waals surface area contributed by atoms with E-state index in [1.165, 1.54) is 6.20 Å². The summed E-state index contributed by atoms with van der Waals surface area (Å²) in [6.45, 7) is 2.86. The zero-order valence-electron chi connectivity index (χ0n) is 10.7. The summed E-state index contributed by atoms with van der Waals surface area (Å²) in [5.74, 6) is 0.298. The van der Waals surface area contributed by atoms with E-state index in [1.807, 2.05) is 6.92 Å². The average Bonchev–Trinajstić information content (AvgIpc) is 2.77. The van der Waals surface area contributed by atoms with E-state index >= 15 is 0 Å². The number of methoxy groups -OCH3 is 1. The molecule has 2 heterocycles. The highest BCUT2D eigenvalue weighted by Crippen LogP contribution is 2.26. The van der Waals surface area contributed by atoms with Crippen molar-refractivity contribution in [3.63, 3.8) is 0 Å². The second-order valence-corrected chi connectivity index (χ2v) is 4.52. The van der Waals surface area contributed by atoms with E-state index in [0.29, 0.717) is 29.7 Å². The van der Waals surface area contributed by atoms with E-state index < -0.39 is 6.10 Å². The molecule has 0 spiro atoms. The van der Waals surface area contributed by atoms with Crippen molar-refractivity contribution in [2.75, 3.05) is 13.7 Å². The smallest absolute Gasteiger partial charge is 0.163 e. The lowest BCUT2D eigenvalue weighted by molar-refractivity contribution is 0.168. The predicted molar refractivity (Wildman–Crippen MR) is 69.9 cm³/mol. The Morgan fingerprint density at radius 3 is 2.68 bits per heavy atom. The Labute approximate surface area is 116 Å². The van der Waals surface area contributed by atoms with Crippen LogP contribution >= 0.6 is 11.6 Å². The van der Waals surface area contributed by atoms with Crippen LogP contribution in [0.1, 0.15) is 23.2 Å². The average molecular weight is 283 g/mol. The van der Waals surface area contributed by atoms with Gasteiger partial charge in [0.2, 0.25) is 0 Å². The van der Waals surface area contributed by atoms with E-state index in [-0.39, 0.29) is 0 Å². The molecule has 0 aliphatic carbocycles. The lowest BCUT2D eigenvalue weighted by atomic mass is 10.2. The van der Waals surface area contributed by atoms with Crippen LogP contribution in [0.4, 0.5) is 0 Å². The fourth-order valence-electron chi connectivity index (χ4n) is 1.67. The first-order chi connectivity index (χ1) is 9.13. The number of hydrogen-bond donors (Lipinski definition) is 1. The second-order valence-electron chi connectivity index (χ2n) is 4.11. The Morgan fingerprint density at radius 1 is 1.37 bits per heavy atom. The molecular weight excluding hydrogens is 268 g/mol. The zero-order valence-corrected chi connectivity index (χ0v) is 11.5. The summed E-state index contributed by atoms with van der Waals surface area (Å²) in [6, 6.07) is 0. The molecular formula is C12H15ClN4O2. The zero-order chi connectivity index (χ0) is 13.8. The van der Waals surface area contributed by atoms with Crippen molar-refractivity contribution in [3.05, 3.63) is 40.7 Å². The molecule has 0 saturated heterocycles. The van der Waals surface area contributed by atoms with E-state index in [2.05, 4.69) is 15.1 Å². The van der Waals surface area contributed by atoms with Crippen molar-refractivity contribution in [2.24, 2.45) is 0 Å². The van der Waals surface area contributed by atoms with Crippen LogP contribution in [0.2, 0.25) is 5.02 Å². The third-order valence-electron chi connectivity index (χ3n) is 2.64. The molecule has 19 heavy (non-hydrogen) atoms. The summed E-state index contributed by atoms with van der Waals surface area (Å²) >= 11 is 6.06. The van der Waals surface area contributed by atoms with Crippen molar-refractivity contribution in [1.82, 2.24) is 19.7 Å². The second kappa shape index (κ2) is 6.10. The van der Waals surface area contributed by atoms with E-state index in [0.717, 1.165) is 5.56 Å². The minimum absolute atomic E-state index is 0.298. The van der Waals surface area contributed by atoms with E-state index in [4.69, 9.17) is 16.3 Å². The molecule has 2 rings (SSSR count). The van der Waals surface area contributed by atoms with Crippen molar-refractivity contribution in [3.8, 4) is 0 Å². The molecule has 0 fully saturated rings. The van der Waals surface area contributed by atoms with Crippen LogP contribution in [0.25, 0.3) is 0 Å². The molecule has 0 radical (unpaired) electrons. The molecule has 0 aliphatic heterocycles. The monoisotopic (exact) mass is 282 g/mol. The normalized spacial score (nSPS) is 12.6. The minimum Gasteiger partial charge on any atom is -0.383 e. The van der Waals surface area contributed by atoms with Gasteiger partial charge >= 0.3 is 0 Å². The molecule has 1 atom stereocenters. The Bertz CT molecular complexity index is 541. The van der Waals surface area contributed by atoms with Crippen LogP contribution in [-0.4, -0.2) is 38.6 Å². The number of halogens is 1. The molecule has 0 saturated carbocycles. The van der Waals surface area contributed by atoms with Gasteiger partial charge in [0.05, 0.1) is 30.1 Å². The standard InChI is InChI=1S/C12H15ClN4O2/c1-8-5-14-12(15-6-8)11(18)10-9(13)7-16-17(10)3-4-19-2/h5-7,11,18H,3-4H2,1-2H3. The summed E-state index contributed by atoms with van der Waals surface area (Å²) in [5, 5.41) is 14.8. The first-order valence-corrected chi connectivity index (χ1v) is 6.18. The van der Waals surface area contributed by atoms with Gasteiger partial charge in [0.25, 0.3) is 0 Å². The summed E-state index contributed by atoms with van der Waals surface area (Å²) in [5.41, 5.74) is 1.40. The summed E-state index contributed by atoms with van der Waals surface area (Å²) in [4.78, 5) is 8.21. The number of aromatic nitrogens is 4. The number of aliphatic hydroxyl groups excluding tert-OH is 1. The third kappa shape index (κ3) is 3.09. The van der Waals surface area contributed by atoms with E-state index in [9.17, 15) is 5.11 Å². The third-order valence-corrected chi connectivity index (χ3v) is 2.94. The molecule has 7 heteroatoms. The number of aliphatic hydroxyl groups is 1. The van der Waals surface area contributed by atoms with Crippen LogP contribution in [0.15, 0.2) is 18.6 Å². The van der Waals surface area contributed by atoms with Crippen molar-refractivity contribution in [2.45, 2.75) is 19.6 Å². The van der Waals surface area contributed by atoms with Gasteiger partial charge in [-0.2, -0.15) is 5.10 Å². The largest absolute Gasteiger partial charge is 0.383 e. The Hall–Kier alpha value is -1.50. The Morgan fingerprint density at radius 2 is 2.05 bits per heavy atom. The number of rotatable bonds is 5. The van der Waals surface area contributed by atoms with Crippen molar-refractivity contribution in [1.29, 1.82) is 0 Å². The highest BCUT2D eigenvalue weighted by molar-refractivity contribution is 6.31. The topological polar surface area (TPSA) is 73.1 Å². The van der Waals surface area contributed by atoms with Crippen LogP contribution < -0.4 is 0 Å². The minimum atomic E-state index is -1.01. The van der Waals surface area contributed by atoms with Gasteiger partial charge in [-0.15, -0.1) is 0 Å². The predicted octanol–water partition coefficient (Wildman–Crippen LogP) is 1.36. The molecule has 1 N–H and O–H groups in total. The fraction of sp³-hybridized carbons (Fsp3) is 0.417. The lowest BCUT2D eigenvalue weighted by Gasteiger charge is -2.12. The summed E-state index contributed by atoms with van der Waals surface area (Å²) < 4.78 is 6.59. The number of ether oxygens (including phenoxy) is 1. The van der Waals surface area contributed by atoms with Gasteiger partial charge in [-0.05, 0) is 12.5 Å². The van der Waals surface area contributed by atoms with Crippen LogP contribution in [-0.2, 0) is 11.3 Å². The van der Waals surface area contributed by atoms with Gasteiger partial charge in [-0.1, -0.05) is 11.6 Å². The number of aryl methyl sites for hydroxylation is 1. The summed E-state index contributed by atoms with van der Waals surface area (Å²) in [7, 11) is 1.60. The highest BCUT2D eigenvalue weighted by Gasteiger charge is 2.22. The maximum Gasteiger partial charge on any atom is 0.163 e. The first kappa shape index (κ1) is 13.9. The van der Waals surface area contributed by atoms with Gasteiger partial charge in [-0.25, -0.2) is 9.97 Å². The maximum absolute atomic E-state index is 10.3. The quantitative estimate of drug-likeness (QED) is 0.896. The maximum atomic E-state index is 10.3. The highest BCUT2D eigenvalue weighted by atomic mass is 35.5. The molecule has 2 aromatic rings. The van der Waals surface area contributed by atoms with Crippen LogP contribution in [0.5, 0.6) is 0 Å². The number of nitrogens with zero attached hydrogens (tertiary/aromatic N) is 4. The first-order valence-electron chi connectivity index (χ1n) is 5.80. The molecule has 0 aliphatic rings. The van der Waals surface area contributed by atoms with Crippen LogP contribution in [0, 0.1) is 6.92 Å². The fourth-order valence-corrected chi connectivity index (χ4v) is 1.91. The SMILES string of the molecule is COCCn1ncc(Cl)c1C(O)c1ncc(C)cn1. The molecule has 0 bridgehead atoms. The summed E-state index contributed by atoms with van der Waals surface area (Å²) in [6.07, 6.45) is 3.78. The molecule has 102 valence electrons. The molecule has 0 aromatic carbocycles. The number of hydrogen-bond acceptors (Lipinski definition) is 5. The van der Waals surface area contributed by atoms with Gasteiger partial charge in [0, 0.05) is 19.5 Å². The lowest BCUT2D eigenvalue weighted by Crippen LogP contribution is -2.15. The molecule has 2 aromatic heterocycles. The Balaban J connectivity index is 2.29.